The van der Waals surface area contributed by atoms with Gasteiger partial charge in [-0.15, -0.1) is 0 Å². The van der Waals surface area contributed by atoms with Crippen LogP contribution in [0.4, 0.5) is 10.5 Å². The van der Waals surface area contributed by atoms with Crippen LogP contribution in [0.3, 0.4) is 0 Å². The van der Waals surface area contributed by atoms with E-state index in [2.05, 4.69) is 40.0 Å². The van der Waals surface area contributed by atoms with Gasteiger partial charge in [-0.2, -0.15) is 5.10 Å². The molecule has 0 radical (unpaired) electrons. The van der Waals surface area contributed by atoms with Crippen LogP contribution in [0, 0.1) is 5.41 Å². The maximum absolute atomic E-state index is 12.4. The number of aliphatic carboxylic acids is 1. The van der Waals surface area contributed by atoms with Crippen LogP contribution in [0.2, 0.25) is 0 Å². The lowest BCUT2D eigenvalue weighted by atomic mass is 9.89. The predicted octanol–water partition coefficient (Wildman–Crippen LogP) is 3.86. The Morgan fingerprint density at radius 3 is 2.31 bits per heavy atom. The molecule has 9 nitrogen and oxygen atoms in total. The van der Waals surface area contributed by atoms with Gasteiger partial charge in [-0.25, -0.2) is 4.79 Å². The molecule has 1 aliphatic carbocycles. The molecule has 0 saturated heterocycles. The number of anilines is 1. The highest BCUT2D eigenvalue weighted by Crippen LogP contribution is 2.44. The summed E-state index contributed by atoms with van der Waals surface area (Å²) in [4.78, 5) is 35.6. The van der Waals surface area contributed by atoms with Crippen molar-refractivity contribution in [3.05, 3.63) is 72.1 Å². The molecular formula is C26H28N4O5. The highest BCUT2D eigenvalue weighted by molar-refractivity contribution is 5.91. The van der Waals surface area contributed by atoms with Crippen molar-refractivity contribution in [3.8, 4) is 11.1 Å². The van der Waals surface area contributed by atoms with Crippen molar-refractivity contribution in [2.45, 2.75) is 32.7 Å². The highest BCUT2D eigenvalue weighted by Gasteiger charge is 2.29. The number of fused-ring (bicyclic) bond motifs is 3. The smallest absolute Gasteiger partial charge is 0.407 e. The number of carbonyl (C=O) groups is 3. The largest absolute Gasteiger partial charge is 0.480 e. The first-order valence-electron chi connectivity index (χ1n) is 11.3. The molecule has 0 spiro atoms. The van der Waals surface area contributed by atoms with E-state index in [4.69, 9.17) is 9.84 Å². The van der Waals surface area contributed by atoms with Gasteiger partial charge in [0.15, 0.2) is 0 Å². The number of nitrogens with zero attached hydrogens (tertiary/aromatic N) is 2. The first-order chi connectivity index (χ1) is 16.7. The highest BCUT2D eigenvalue weighted by atomic mass is 16.5. The summed E-state index contributed by atoms with van der Waals surface area (Å²) < 4.78 is 6.78. The van der Waals surface area contributed by atoms with Gasteiger partial charge in [-0.05, 0) is 27.7 Å². The lowest BCUT2D eigenvalue weighted by Crippen LogP contribution is -2.37. The maximum Gasteiger partial charge on any atom is 0.407 e. The third-order valence-electron chi connectivity index (χ3n) is 5.91. The second kappa shape index (κ2) is 10.0. The molecule has 2 amide bonds. The number of hydrogen-bond acceptors (Lipinski definition) is 5. The van der Waals surface area contributed by atoms with Crippen molar-refractivity contribution in [2.24, 2.45) is 5.41 Å². The van der Waals surface area contributed by atoms with Crippen LogP contribution in [0.1, 0.15) is 37.3 Å². The number of ether oxygens (including phenoxy) is 1. The molecule has 182 valence electrons. The molecular weight excluding hydrogens is 448 g/mol. The quantitative estimate of drug-likeness (QED) is 0.431. The first kappa shape index (κ1) is 24.0. The minimum absolute atomic E-state index is 0.0195. The Kier molecular flexibility index (Phi) is 6.86. The number of alkyl carbamates (subject to hydrolysis) is 1. The van der Waals surface area contributed by atoms with Gasteiger partial charge in [-0.1, -0.05) is 62.4 Å². The molecule has 0 aliphatic heterocycles. The van der Waals surface area contributed by atoms with Crippen molar-refractivity contribution in [2.75, 3.05) is 18.5 Å². The van der Waals surface area contributed by atoms with Crippen LogP contribution in [-0.2, 0) is 20.9 Å². The van der Waals surface area contributed by atoms with Crippen LogP contribution in [0.15, 0.2) is 60.9 Å². The number of carbonyl (C=O) groups excluding carboxylic acids is 2. The van der Waals surface area contributed by atoms with Crippen LogP contribution in [-0.4, -0.2) is 46.0 Å². The van der Waals surface area contributed by atoms with Crippen LogP contribution in [0.25, 0.3) is 11.1 Å². The third kappa shape index (κ3) is 5.87. The number of rotatable bonds is 9. The number of hydrogen-bond donors (Lipinski definition) is 3. The van der Waals surface area contributed by atoms with Crippen LogP contribution in [0.5, 0.6) is 0 Å². The lowest BCUT2D eigenvalue weighted by molar-refractivity contribution is -0.137. The van der Waals surface area contributed by atoms with Crippen molar-refractivity contribution >= 4 is 23.7 Å². The van der Waals surface area contributed by atoms with E-state index in [-0.39, 0.29) is 37.9 Å². The lowest BCUT2D eigenvalue weighted by Gasteiger charge is -2.24. The van der Waals surface area contributed by atoms with Crippen molar-refractivity contribution < 1.29 is 24.2 Å². The van der Waals surface area contributed by atoms with E-state index in [0.717, 1.165) is 22.3 Å². The number of carboxylic acid groups (broad SMARTS) is 1. The molecule has 0 bridgehead atoms. The average Bonchev–Trinajstić information content (AvgIpc) is 3.37. The summed E-state index contributed by atoms with van der Waals surface area (Å²) in [6, 6.07) is 16.3. The van der Waals surface area contributed by atoms with E-state index in [0.29, 0.717) is 5.69 Å². The normalized spacial score (nSPS) is 12.5. The summed E-state index contributed by atoms with van der Waals surface area (Å²) in [6.45, 7) is 3.91. The van der Waals surface area contributed by atoms with Gasteiger partial charge in [0.2, 0.25) is 5.91 Å². The fourth-order valence-electron chi connectivity index (χ4n) is 4.32. The molecule has 3 N–H and O–H groups in total. The SMILES string of the molecule is CC(C)(CNC(=O)OCC1c2ccccc2-c2ccccc21)CC(=O)Nc1cnn(CC(=O)O)c1. The molecule has 35 heavy (non-hydrogen) atoms. The van der Waals surface area contributed by atoms with Crippen molar-refractivity contribution in [1.82, 2.24) is 15.1 Å². The topological polar surface area (TPSA) is 123 Å². The van der Waals surface area contributed by atoms with Crippen molar-refractivity contribution in [1.29, 1.82) is 0 Å². The van der Waals surface area contributed by atoms with Gasteiger partial charge in [0.05, 0.1) is 11.9 Å². The number of benzene rings is 2. The van der Waals surface area contributed by atoms with E-state index in [1.165, 1.54) is 17.1 Å². The summed E-state index contributed by atoms with van der Waals surface area (Å²) in [5.41, 5.74) is 4.50. The minimum Gasteiger partial charge on any atom is -0.480 e. The molecule has 1 aliphatic rings. The van der Waals surface area contributed by atoms with E-state index in [1.807, 2.05) is 38.1 Å². The van der Waals surface area contributed by atoms with Crippen molar-refractivity contribution in [3.63, 3.8) is 0 Å². The Hall–Kier alpha value is -4.14. The predicted molar refractivity (Wildman–Crippen MR) is 130 cm³/mol. The first-order valence-corrected chi connectivity index (χ1v) is 11.3. The summed E-state index contributed by atoms with van der Waals surface area (Å²) in [5.74, 6) is -1.31. The molecule has 0 unspecified atom stereocenters. The average molecular weight is 477 g/mol. The van der Waals surface area contributed by atoms with E-state index < -0.39 is 17.5 Å². The zero-order valence-corrected chi connectivity index (χ0v) is 19.7. The van der Waals surface area contributed by atoms with Crippen LogP contribution < -0.4 is 10.6 Å². The second-order valence-corrected chi connectivity index (χ2v) is 9.39. The van der Waals surface area contributed by atoms with Gasteiger partial charge in [0, 0.05) is 25.1 Å². The third-order valence-corrected chi connectivity index (χ3v) is 5.91. The molecule has 0 saturated carbocycles. The zero-order valence-electron chi connectivity index (χ0n) is 19.7. The zero-order chi connectivity index (χ0) is 25.0. The molecule has 9 heteroatoms. The number of carboxylic acids is 1. The second-order valence-electron chi connectivity index (χ2n) is 9.39. The summed E-state index contributed by atoms with van der Waals surface area (Å²) in [5, 5.41) is 18.2. The van der Waals surface area contributed by atoms with E-state index in [1.54, 1.807) is 0 Å². The Bertz CT molecular complexity index is 1200. The van der Waals surface area contributed by atoms with Crippen LogP contribution >= 0.6 is 0 Å². The van der Waals surface area contributed by atoms with Gasteiger partial charge in [0.25, 0.3) is 0 Å². The molecule has 1 heterocycles. The summed E-state index contributed by atoms with van der Waals surface area (Å²) in [7, 11) is 0. The maximum atomic E-state index is 12.4. The Labute approximate surface area is 203 Å². The van der Waals surface area contributed by atoms with E-state index in [9.17, 15) is 14.4 Å². The van der Waals surface area contributed by atoms with Gasteiger partial charge >= 0.3 is 12.1 Å². The Balaban J connectivity index is 1.26. The minimum atomic E-state index is -1.02. The number of aromatic nitrogens is 2. The van der Waals surface area contributed by atoms with E-state index >= 15 is 0 Å². The molecule has 0 fully saturated rings. The molecule has 0 atom stereocenters. The molecule has 4 rings (SSSR count). The number of nitrogens with one attached hydrogen (secondary N) is 2. The fraction of sp³-hybridized carbons (Fsp3) is 0.308. The Morgan fingerprint density at radius 1 is 1.06 bits per heavy atom. The van der Waals surface area contributed by atoms with Gasteiger partial charge < -0.3 is 20.5 Å². The monoisotopic (exact) mass is 476 g/mol. The fourth-order valence-corrected chi connectivity index (χ4v) is 4.32. The summed E-state index contributed by atoms with van der Waals surface area (Å²) in [6.07, 6.45) is 2.45. The molecule has 1 aromatic heterocycles. The van der Waals surface area contributed by atoms with Gasteiger partial charge in [0.1, 0.15) is 13.2 Å². The number of amides is 2. The summed E-state index contributed by atoms with van der Waals surface area (Å²) >= 11 is 0. The standard InChI is InChI=1S/C26H28N4O5/c1-26(2,11-23(31)29-17-12-28-30(13-17)14-24(32)33)16-27-25(34)35-15-22-20-9-5-3-7-18(20)19-8-4-6-10-21(19)22/h3-10,12-13,22H,11,14-16H2,1-2H3,(H,27,34)(H,29,31)(H,32,33). The Morgan fingerprint density at radius 2 is 1.69 bits per heavy atom. The molecule has 2 aromatic carbocycles. The van der Waals surface area contributed by atoms with Gasteiger partial charge in [-0.3, -0.25) is 14.3 Å². The molecule has 3 aromatic rings.